The van der Waals surface area contributed by atoms with E-state index >= 15 is 0 Å². The molecule has 0 aromatic heterocycles. The Kier molecular flexibility index (Phi) is 5.54. The van der Waals surface area contributed by atoms with Crippen LogP contribution in [-0.4, -0.2) is 23.8 Å². The molecule has 6 heteroatoms. The van der Waals surface area contributed by atoms with Gasteiger partial charge in [-0.25, -0.2) is 0 Å². The molecule has 6 nitrogen and oxygen atoms in total. The van der Waals surface area contributed by atoms with Crippen molar-refractivity contribution in [1.29, 1.82) is 0 Å². The van der Waals surface area contributed by atoms with Crippen molar-refractivity contribution < 1.29 is 14.4 Å². The van der Waals surface area contributed by atoms with Crippen molar-refractivity contribution in [3.05, 3.63) is 65.7 Å². The molecule has 140 valence electrons. The predicted molar refractivity (Wildman–Crippen MR) is 103 cm³/mol. The fraction of sp³-hybridized carbons (Fsp3) is 0.286. The van der Waals surface area contributed by atoms with Gasteiger partial charge in [-0.2, -0.15) is 0 Å². The van der Waals surface area contributed by atoms with Crippen LogP contribution in [-0.2, 0) is 16.0 Å². The van der Waals surface area contributed by atoms with Crippen LogP contribution in [0.4, 0.5) is 5.69 Å². The number of hydrogen-bond acceptors (Lipinski definition) is 3. The molecule has 3 unspecified atom stereocenters. The Morgan fingerprint density at radius 2 is 1.81 bits per heavy atom. The number of hydrogen-bond donors (Lipinski definition) is 3. The third-order valence-corrected chi connectivity index (χ3v) is 4.77. The predicted octanol–water partition coefficient (Wildman–Crippen LogP) is 2.11. The molecule has 0 aliphatic heterocycles. The van der Waals surface area contributed by atoms with Crippen LogP contribution in [0.25, 0.3) is 0 Å². The maximum absolute atomic E-state index is 12.6. The zero-order valence-corrected chi connectivity index (χ0v) is 15.1. The number of carbonyl (C=O) groups is 3. The lowest BCUT2D eigenvalue weighted by atomic mass is 10.0. The molecule has 27 heavy (non-hydrogen) atoms. The molecule has 0 bridgehead atoms. The van der Waals surface area contributed by atoms with Crippen LogP contribution >= 0.6 is 0 Å². The summed E-state index contributed by atoms with van der Waals surface area (Å²) in [5, 5.41) is 5.51. The van der Waals surface area contributed by atoms with Gasteiger partial charge in [-0.1, -0.05) is 43.3 Å². The maximum Gasteiger partial charge on any atom is 0.252 e. The van der Waals surface area contributed by atoms with Crippen molar-refractivity contribution in [2.45, 2.75) is 25.8 Å². The summed E-state index contributed by atoms with van der Waals surface area (Å²) in [5.74, 6) is -0.581. The van der Waals surface area contributed by atoms with E-state index in [2.05, 4.69) is 10.6 Å². The highest BCUT2D eigenvalue weighted by molar-refractivity contribution is 6.00. The molecule has 1 aliphatic carbocycles. The number of anilines is 1. The van der Waals surface area contributed by atoms with Gasteiger partial charge in [0, 0.05) is 23.6 Å². The normalized spacial score (nSPS) is 19.0. The van der Waals surface area contributed by atoms with E-state index in [1.165, 1.54) is 0 Å². The second-order valence-electron chi connectivity index (χ2n) is 7.01. The number of benzene rings is 2. The average Bonchev–Trinajstić information content (AvgIpc) is 3.39. The highest BCUT2D eigenvalue weighted by atomic mass is 16.2. The van der Waals surface area contributed by atoms with E-state index in [-0.39, 0.29) is 11.8 Å². The number of carbonyl (C=O) groups excluding carboxylic acids is 3. The Hall–Kier alpha value is -3.15. The Bertz CT molecular complexity index is 851. The van der Waals surface area contributed by atoms with Crippen molar-refractivity contribution >= 4 is 23.4 Å². The monoisotopic (exact) mass is 365 g/mol. The SMILES string of the molecule is CC1CC1C(=O)Nc1cccc(C(=O)NC(Cc2ccccc2)C(N)=O)c1. The number of primary amides is 1. The van der Waals surface area contributed by atoms with Crippen molar-refractivity contribution in [3.63, 3.8) is 0 Å². The highest BCUT2D eigenvalue weighted by Gasteiger charge is 2.39. The summed E-state index contributed by atoms with van der Waals surface area (Å²) in [5.41, 5.74) is 7.27. The van der Waals surface area contributed by atoms with Gasteiger partial charge in [-0.05, 0) is 36.1 Å². The Morgan fingerprint density at radius 3 is 2.44 bits per heavy atom. The molecule has 3 rings (SSSR count). The van der Waals surface area contributed by atoms with E-state index < -0.39 is 17.9 Å². The van der Waals surface area contributed by atoms with Gasteiger partial charge in [0.1, 0.15) is 6.04 Å². The van der Waals surface area contributed by atoms with Gasteiger partial charge in [0.2, 0.25) is 11.8 Å². The minimum absolute atomic E-state index is 0.0286. The molecule has 0 heterocycles. The third kappa shape index (κ3) is 4.94. The zero-order valence-electron chi connectivity index (χ0n) is 15.1. The molecule has 4 N–H and O–H groups in total. The van der Waals surface area contributed by atoms with Crippen molar-refractivity contribution in [3.8, 4) is 0 Å². The van der Waals surface area contributed by atoms with E-state index in [4.69, 9.17) is 5.73 Å². The van der Waals surface area contributed by atoms with Gasteiger partial charge in [-0.3, -0.25) is 14.4 Å². The van der Waals surface area contributed by atoms with Crippen molar-refractivity contribution in [2.75, 3.05) is 5.32 Å². The van der Waals surface area contributed by atoms with Gasteiger partial charge < -0.3 is 16.4 Å². The Labute approximate surface area is 158 Å². The van der Waals surface area contributed by atoms with Crippen molar-refractivity contribution in [1.82, 2.24) is 5.32 Å². The average molecular weight is 365 g/mol. The van der Waals surface area contributed by atoms with Gasteiger partial charge in [0.25, 0.3) is 5.91 Å². The van der Waals surface area contributed by atoms with Crippen LogP contribution in [0.3, 0.4) is 0 Å². The molecule has 1 aliphatic rings. The minimum Gasteiger partial charge on any atom is -0.368 e. The minimum atomic E-state index is -0.814. The molecule has 0 radical (unpaired) electrons. The standard InChI is InChI=1S/C21H23N3O3/c1-13-10-17(13)21(27)23-16-9-5-8-15(12-16)20(26)24-18(19(22)25)11-14-6-3-2-4-7-14/h2-9,12-13,17-18H,10-11H2,1H3,(H2,22,25)(H,23,27)(H,24,26). The van der Waals surface area contributed by atoms with Crippen LogP contribution in [0.1, 0.15) is 29.3 Å². The molecular formula is C21H23N3O3. The first-order chi connectivity index (χ1) is 12.9. The molecule has 2 aromatic carbocycles. The molecule has 0 saturated heterocycles. The number of amides is 3. The molecule has 3 amide bonds. The smallest absolute Gasteiger partial charge is 0.252 e. The van der Waals surface area contributed by atoms with Crippen LogP contribution in [0.15, 0.2) is 54.6 Å². The summed E-state index contributed by atoms with van der Waals surface area (Å²) < 4.78 is 0. The van der Waals surface area contributed by atoms with E-state index in [0.717, 1.165) is 12.0 Å². The summed E-state index contributed by atoms with van der Waals surface area (Å²) in [6.07, 6.45) is 1.21. The second-order valence-corrected chi connectivity index (χ2v) is 7.01. The number of rotatable bonds is 7. The maximum atomic E-state index is 12.6. The highest BCUT2D eigenvalue weighted by Crippen LogP contribution is 2.38. The Balaban J connectivity index is 1.66. The summed E-state index contributed by atoms with van der Waals surface area (Å²) in [6, 6.07) is 15.2. The lowest BCUT2D eigenvalue weighted by Crippen LogP contribution is -2.45. The van der Waals surface area contributed by atoms with E-state index in [1.54, 1.807) is 24.3 Å². The molecule has 1 saturated carbocycles. The van der Waals surface area contributed by atoms with Crippen LogP contribution in [0, 0.1) is 11.8 Å². The second kappa shape index (κ2) is 8.03. The summed E-state index contributed by atoms with van der Waals surface area (Å²) in [6.45, 7) is 2.03. The first-order valence-corrected chi connectivity index (χ1v) is 8.99. The fourth-order valence-electron chi connectivity index (χ4n) is 2.97. The first kappa shape index (κ1) is 18.6. The topological polar surface area (TPSA) is 101 Å². The van der Waals surface area contributed by atoms with Gasteiger partial charge in [0.15, 0.2) is 0 Å². The summed E-state index contributed by atoms with van der Waals surface area (Å²) in [4.78, 5) is 36.4. The van der Waals surface area contributed by atoms with E-state index in [9.17, 15) is 14.4 Å². The lowest BCUT2D eigenvalue weighted by molar-refractivity contribution is -0.120. The molecule has 2 aromatic rings. The lowest BCUT2D eigenvalue weighted by Gasteiger charge is -2.16. The van der Waals surface area contributed by atoms with Gasteiger partial charge >= 0.3 is 0 Å². The van der Waals surface area contributed by atoms with E-state index in [1.807, 2.05) is 37.3 Å². The van der Waals surface area contributed by atoms with Crippen LogP contribution in [0.2, 0.25) is 0 Å². The summed E-state index contributed by atoms with van der Waals surface area (Å²) >= 11 is 0. The fourth-order valence-corrected chi connectivity index (χ4v) is 2.97. The number of nitrogens with one attached hydrogen (secondary N) is 2. The molecular weight excluding hydrogens is 342 g/mol. The van der Waals surface area contributed by atoms with Crippen molar-refractivity contribution in [2.24, 2.45) is 17.6 Å². The molecule has 1 fully saturated rings. The Morgan fingerprint density at radius 1 is 1.11 bits per heavy atom. The van der Waals surface area contributed by atoms with Crippen LogP contribution < -0.4 is 16.4 Å². The van der Waals surface area contributed by atoms with Crippen LogP contribution in [0.5, 0.6) is 0 Å². The molecule has 0 spiro atoms. The first-order valence-electron chi connectivity index (χ1n) is 8.99. The van der Waals surface area contributed by atoms with E-state index in [0.29, 0.717) is 23.6 Å². The zero-order chi connectivity index (χ0) is 19.4. The molecule has 3 atom stereocenters. The van der Waals surface area contributed by atoms with Gasteiger partial charge in [0.05, 0.1) is 0 Å². The van der Waals surface area contributed by atoms with Gasteiger partial charge in [-0.15, -0.1) is 0 Å². The third-order valence-electron chi connectivity index (χ3n) is 4.77. The summed E-state index contributed by atoms with van der Waals surface area (Å²) in [7, 11) is 0. The number of nitrogens with two attached hydrogens (primary N) is 1. The quantitative estimate of drug-likeness (QED) is 0.700. The largest absolute Gasteiger partial charge is 0.368 e.